The molecule has 5 nitrogen and oxygen atoms in total. The first-order valence-electron chi connectivity index (χ1n) is 9.09. The maximum absolute atomic E-state index is 12.7. The number of thiophene rings is 1. The fraction of sp³-hybridized carbons (Fsp3) is 0.333. The van der Waals surface area contributed by atoms with E-state index in [2.05, 4.69) is 41.9 Å². The van der Waals surface area contributed by atoms with E-state index in [1.165, 1.54) is 11.1 Å². The molecule has 1 amide bonds. The largest absolute Gasteiger partial charge is 0.441 e. The van der Waals surface area contributed by atoms with Gasteiger partial charge < -0.3 is 9.32 Å². The maximum atomic E-state index is 12.7. The molecule has 2 aromatic heterocycles. The van der Waals surface area contributed by atoms with Crippen LogP contribution in [-0.4, -0.2) is 35.4 Å². The second-order valence-electron chi connectivity index (χ2n) is 7.14. The number of aromatic nitrogens is 1. The van der Waals surface area contributed by atoms with E-state index >= 15 is 0 Å². The zero-order valence-corrected chi connectivity index (χ0v) is 16.7. The van der Waals surface area contributed by atoms with Crippen LogP contribution in [0.25, 0.3) is 11.5 Å². The monoisotopic (exact) mass is 381 g/mol. The fourth-order valence-corrected chi connectivity index (χ4v) is 4.16. The van der Waals surface area contributed by atoms with Crippen molar-refractivity contribution in [3.8, 4) is 11.5 Å². The van der Waals surface area contributed by atoms with Gasteiger partial charge in [-0.3, -0.25) is 9.69 Å². The van der Waals surface area contributed by atoms with Crippen LogP contribution in [0, 0.1) is 20.8 Å². The summed E-state index contributed by atoms with van der Waals surface area (Å²) >= 11 is 1.62. The fourth-order valence-electron chi connectivity index (χ4n) is 3.53. The minimum atomic E-state index is 0.130. The van der Waals surface area contributed by atoms with Gasteiger partial charge in [0.15, 0.2) is 0 Å². The van der Waals surface area contributed by atoms with Crippen LogP contribution in [0.15, 0.2) is 39.4 Å². The van der Waals surface area contributed by atoms with Crippen molar-refractivity contribution >= 4 is 22.9 Å². The molecule has 1 aliphatic heterocycles. The molecule has 3 aromatic rings. The van der Waals surface area contributed by atoms with Gasteiger partial charge in [-0.1, -0.05) is 6.07 Å². The van der Waals surface area contributed by atoms with Crippen LogP contribution in [0.5, 0.6) is 0 Å². The molecule has 0 radical (unpaired) electrons. The lowest BCUT2D eigenvalue weighted by Crippen LogP contribution is -2.50. The van der Waals surface area contributed by atoms with Gasteiger partial charge in [0.05, 0.1) is 12.2 Å². The minimum Gasteiger partial charge on any atom is -0.441 e. The molecule has 1 saturated heterocycles. The van der Waals surface area contributed by atoms with E-state index in [-0.39, 0.29) is 5.91 Å². The number of benzene rings is 1. The molecule has 0 atom stereocenters. The normalized spacial score (nSPS) is 15.5. The Morgan fingerprint density at radius 2 is 1.93 bits per heavy atom. The molecule has 0 N–H and O–H groups in total. The van der Waals surface area contributed by atoms with Crippen molar-refractivity contribution in [1.29, 1.82) is 0 Å². The van der Waals surface area contributed by atoms with E-state index in [1.54, 1.807) is 11.3 Å². The van der Waals surface area contributed by atoms with Gasteiger partial charge in [0.2, 0.25) is 11.8 Å². The summed E-state index contributed by atoms with van der Waals surface area (Å²) in [6.45, 7) is 8.60. The molecule has 1 aromatic carbocycles. The Hall–Kier alpha value is -2.44. The lowest BCUT2D eigenvalue weighted by Gasteiger charge is -2.34. The van der Waals surface area contributed by atoms with Crippen molar-refractivity contribution in [2.75, 3.05) is 24.5 Å². The Kier molecular flexibility index (Phi) is 4.85. The van der Waals surface area contributed by atoms with E-state index in [1.807, 2.05) is 28.7 Å². The number of amides is 1. The number of carbonyl (C=O) groups is 1. The SMILES string of the molecule is Cc1cc(C)cc(N2CCN(Cc3nc(-c4ccsc4)oc3C)CC2=O)c1. The Bertz CT molecular complexity index is 942. The van der Waals surface area contributed by atoms with Crippen LogP contribution in [0.3, 0.4) is 0 Å². The third-order valence-electron chi connectivity index (χ3n) is 4.85. The summed E-state index contributed by atoms with van der Waals surface area (Å²) in [5.41, 5.74) is 5.27. The summed E-state index contributed by atoms with van der Waals surface area (Å²) < 4.78 is 5.82. The van der Waals surface area contributed by atoms with E-state index < -0.39 is 0 Å². The highest BCUT2D eigenvalue weighted by Crippen LogP contribution is 2.25. The van der Waals surface area contributed by atoms with Gasteiger partial charge in [-0.25, -0.2) is 4.98 Å². The number of hydrogen-bond donors (Lipinski definition) is 0. The molecule has 27 heavy (non-hydrogen) atoms. The van der Waals surface area contributed by atoms with Crippen LogP contribution < -0.4 is 4.90 Å². The van der Waals surface area contributed by atoms with Crippen molar-refractivity contribution in [3.63, 3.8) is 0 Å². The van der Waals surface area contributed by atoms with Crippen LogP contribution in [0.4, 0.5) is 5.69 Å². The first kappa shape index (κ1) is 17.9. The topological polar surface area (TPSA) is 49.6 Å². The van der Waals surface area contributed by atoms with Gasteiger partial charge in [0, 0.05) is 36.3 Å². The lowest BCUT2D eigenvalue weighted by molar-refractivity contribution is -0.121. The summed E-state index contributed by atoms with van der Waals surface area (Å²) in [5, 5.41) is 4.04. The molecule has 4 rings (SSSR count). The lowest BCUT2D eigenvalue weighted by atomic mass is 10.1. The highest BCUT2D eigenvalue weighted by Gasteiger charge is 2.26. The number of piperazine rings is 1. The molecule has 0 spiro atoms. The Morgan fingerprint density at radius 1 is 1.15 bits per heavy atom. The number of anilines is 1. The van der Waals surface area contributed by atoms with Gasteiger partial charge in [-0.15, -0.1) is 0 Å². The third-order valence-corrected chi connectivity index (χ3v) is 5.54. The molecule has 140 valence electrons. The molecule has 0 bridgehead atoms. The second kappa shape index (κ2) is 7.29. The Balaban J connectivity index is 1.45. The van der Waals surface area contributed by atoms with Crippen molar-refractivity contribution < 1.29 is 9.21 Å². The van der Waals surface area contributed by atoms with E-state index in [9.17, 15) is 4.79 Å². The second-order valence-corrected chi connectivity index (χ2v) is 7.92. The molecule has 1 fully saturated rings. The number of hydrogen-bond acceptors (Lipinski definition) is 5. The van der Waals surface area contributed by atoms with Crippen molar-refractivity contribution in [2.24, 2.45) is 0 Å². The molecule has 0 saturated carbocycles. The zero-order valence-electron chi connectivity index (χ0n) is 15.9. The number of nitrogens with zero attached hydrogens (tertiary/aromatic N) is 3. The van der Waals surface area contributed by atoms with Gasteiger partial charge in [0.1, 0.15) is 5.76 Å². The van der Waals surface area contributed by atoms with E-state index in [0.29, 0.717) is 25.5 Å². The summed E-state index contributed by atoms with van der Waals surface area (Å²) in [6.07, 6.45) is 0. The van der Waals surface area contributed by atoms with Crippen LogP contribution >= 0.6 is 11.3 Å². The average molecular weight is 382 g/mol. The van der Waals surface area contributed by atoms with Crippen molar-refractivity contribution in [2.45, 2.75) is 27.3 Å². The number of carbonyl (C=O) groups excluding carboxylic acids is 1. The minimum absolute atomic E-state index is 0.130. The molecule has 0 aliphatic carbocycles. The Labute approximate surface area is 163 Å². The van der Waals surface area contributed by atoms with Gasteiger partial charge in [-0.2, -0.15) is 11.3 Å². The van der Waals surface area contributed by atoms with E-state index in [4.69, 9.17) is 4.42 Å². The van der Waals surface area contributed by atoms with Gasteiger partial charge in [0.25, 0.3) is 0 Å². The van der Waals surface area contributed by atoms with Gasteiger partial charge >= 0.3 is 0 Å². The smallest absolute Gasteiger partial charge is 0.241 e. The van der Waals surface area contributed by atoms with Crippen molar-refractivity contribution in [1.82, 2.24) is 9.88 Å². The van der Waals surface area contributed by atoms with Crippen molar-refractivity contribution in [3.05, 3.63) is 57.6 Å². The summed E-state index contributed by atoms with van der Waals surface area (Å²) in [4.78, 5) is 21.4. The van der Waals surface area contributed by atoms with Crippen LogP contribution in [0.2, 0.25) is 0 Å². The van der Waals surface area contributed by atoms with Gasteiger partial charge in [-0.05, 0) is 55.5 Å². The van der Waals surface area contributed by atoms with Crippen LogP contribution in [0.1, 0.15) is 22.6 Å². The predicted octanol–water partition coefficient (Wildman–Crippen LogP) is 4.18. The summed E-state index contributed by atoms with van der Waals surface area (Å²) in [7, 11) is 0. The first-order chi connectivity index (χ1) is 13.0. The highest BCUT2D eigenvalue weighted by atomic mass is 32.1. The molecule has 6 heteroatoms. The summed E-state index contributed by atoms with van der Waals surface area (Å²) in [6, 6.07) is 8.29. The number of oxazole rings is 1. The number of rotatable bonds is 4. The quantitative estimate of drug-likeness (QED) is 0.680. The summed E-state index contributed by atoms with van der Waals surface area (Å²) in [5.74, 6) is 1.61. The maximum Gasteiger partial charge on any atom is 0.241 e. The molecular weight excluding hydrogens is 358 g/mol. The van der Waals surface area contributed by atoms with Crippen LogP contribution in [-0.2, 0) is 11.3 Å². The predicted molar refractivity (Wildman–Crippen MR) is 108 cm³/mol. The molecular formula is C21H23N3O2S. The van der Waals surface area contributed by atoms with E-state index in [0.717, 1.165) is 29.2 Å². The Morgan fingerprint density at radius 3 is 2.59 bits per heavy atom. The first-order valence-corrected chi connectivity index (χ1v) is 10.0. The zero-order chi connectivity index (χ0) is 19.0. The molecule has 1 aliphatic rings. The standard InChI is InChI=1S/C21H23N3O2S/c1-14-8-15(2)10-18(9-14)24-6-5-23(12-20(24)25)11-19-16(3)26-21(22-19)17-4-7-27-13-17/h4,7-10,13H,5-6,11-12H2,1-3H3. The molecule has 0 unspecified atom stereocenters. The highest BCUT2D eigenvalue weighted by molar-refractivity contribution is 7.08. The third kappa shape index (κ3) is 3.82. The number of aryl methyl sites for hydroxylation is 3. The molecule has 3 heterocycles. The average Bonchev–Trinajstić information content (AvgIpc) is 3.24.